The molecule has 0 unspecified atom stereocenters. The molecule has 0 aliphatic heterocycles. The summed E-state index contributed by atoms with van der Waals surface area (Å²) in [5.41, 5.74) is -1.37. The zero-order valence-electron chi connectivity index (χ0n) is 7.38. The third-order valence-electron chi connectivity index (χ3n) is 0.988. The topological polar surface area (TPSA) is 0 Å². The lowest BCUT2D eigenvalue weighted by atomic mass is 10.4. The largest absolute Gasteiger partial charge is 0.126 e. The van der Waals surface area contributed by atoms with Gasteiger partial charge in [-0.1, -0.05) is 18.2 Å². The van der Waals surface area contributed by atoms with E-state index in [0.717, 1.165) is 16.7 Å². The molecular weight excluding hydrogens is 164 g/mol. The Labute approximate surface area is 73.4 Å². The maximum atomic E-state index is 7.41. The minimum absolute atomic E-state index is 0.00651. The van der Waals surface area contributed by atoms with Crippen LogP contribution in [0.15, 0.2) is 35.2 Å². The Bertz CT molecular complexity index is 238. The Morgan fingerprint density at radius 3 is 2.70 bits per heavy atom. The number of hydrogen-bond acceptors (Lipinski definition) is 1. The van der Waals surface area contributed by atoms with Crippen LogP contribution in [-0.2, 0) is 0 Å². The van der Waals surface area contributed by atoms with Gasteiger partial charge in [-0.3, -0.25) is 0 Å². The van der Waals surface area contributed by atoms with Gasteiger partial charge in [0.1, 0.15) is 0 Å². The highest BCUT2D eigenvalue weighted by molar-refractivity contribution is 7.99. The zero-order valence-corrected chi connectivity index (χ0v) is 6.95. The molecule has 0 N–H and O–H groups in total. The van der Waals surface area contributed by atoms with E-state index in [-0.39, 0.29) is 5.88 Å². The van der Waals surface area contributed by atoms with Crippen molar-refractivity contribution < 1.29 is 2.74 Å². The van der Waals surface area contributed by atoms with Crippen LogP contribution in [0, 0.1) is 0 Å². The van der Waals surface area contributed by atoms with E-state index in [2.05, 4.69) is 0 Å². The lowest BCUT2D eigenvalue weighted by molar-refractivity contribution is 1.43. The minimum atomic E-state index is -1.37. The molecule has 1 rings (SSSR count). The van der Waals surface area contributed by atoms with Gasteiger partial charge in [-0.25, -0.2) is 0 Å². The molecule has 1 aromatic carbocycles. The third kappa shape index (κ3) is 2.63. The summed E-state index contributed by atoms with van der Waals surface area (Å²) in [6, 6.07) is 9.41. The van der Waals surface area contributed by atoms with Crippen molar-refractivity contribution in [2.24, 2.45) is 0 Å². The fourth-order valence-corrected chi connectivity index (χ4v) is 1.28. The van der Waals surface area contributed by atoms with Crippen molar-refractivity contribution in [3.8, 4) is 0 Å². The monoisotopic (exact) mass is 174 g/mol. The highest BCUT2D eigenvalue weighted by atomic mass is 35.5. The van der Waals surface area contributed by atoms with Crippen LogP contribution in [0.4, 0.5) is 0 Å². The molecule has 2 heteroatoms. The number of thioether (sulfide) groups is 1. The quantitative estimate of drug-likeness (QED) is 0.502. The van der Waals surface area contributed by atoms with Crippen molar-refractivity contribution in [3.05, 3.63) is 30.3 Å². The summed E-state index contributed by atoms with van der Waals surface area (Å²) in [5.74, 6) is 0.00651. The second-order valence-corrected chi connectivity index (χ2v) is 2.92. The van der Waals surface area contributed by atoms with Crippen molar-refractivity contribution >= 4 is 23.4 Å². The Hall–Kier alpha value is -0.140. The molecule has 0 aromatic heterocycles. The van der Waals surface area contributed by atoms with E-state index in [1.807, 2.05) is 30.3 Å². The zero-order chi connectivity index (χ0) is 9.03. The van der Waals surface area contributed by atoms with Crippen molar-refractivity contribution in [3.63, 3.8) is 0 Å². The minimum Gasteiger partial charge on any atom is -0.126 e. The lowest BCUT2D eigenvalue weighted by Gasteiger charge is -1.95. The number of hydrogen-bond donors (Lipinski definition) is 0. The molecule has 0 saturated heterocycles. The average molecular weight is 175 g/mol. The second kappa shape index (κ2) is 4.64. The Balaban J connectivity index is 2.64. The van der Waals surface area contributed by atoms with Crippen molar-refractivity contribution in [1.82, 2.24) is 0 Å². The highest BCUT2D eigenvalue weighted by Crippen LogP contribution is 2.16. The van der Waals surface area contributed by atoms with E-state index < -0.39 is 5.70 Å². The molecule has 0 saturated carbocycles. The van der Waals surface area contributed by atoms with Gasteiger partial charge in [-0.15, -0.1) is 23.4 Å². The van der Waals surface area contributed by atoms with Gasteiger partial charge in [0, 0.05) is 19.2 Å². The number of alkyl halides is 1. The smallest absolute Gasteiger partial charge is 0.0396 e. The van der Waals surface area contributed by atoms with Crippen LogP contribution in [0.1, 0.15) is 2.74 Å². The van der Waals surface area contributed by atoms with E-state index in [1.54, 1.807) is 0 Å². The molecule has 0 nitrogen and oxygen atoms in total. The molecule has 0 bridgehead atoms. The number of halogens is 1. The van der Waals surface area contributed by atoms with E-state index in [4.69, 9.17) is 14.3 Å². The van der Waals surface area contributed by atoms with Gasteiger partial charge < -0.3 is 0 Å². The fourth-order valence-electron chi connectivity index (χ4n) is 0.599. The summed E-state index contributed by atoms with van der Waals surface area (Å²) in [6.45, 7) is 0. The second-order valence-electron chi connectivity index (χ2n) is 1.69. The van der Waals surface area contributed by atoms with Crippen LogP contribution in [-0.4, -0.2) is 11.6 Å². The summed E-state index contributed by atoms with van der Waals surface area (Å²) in [7, 11) is 0. The summed E-state index contributed by atoms with van der Waals surface area (Å²) < 4.78 is 14.8. The van der Waals surface area contributed by atoms with E-state index >= 15 is 0 Å². The van der Waals surface area contributed by atoms with Crippen LogP contribution >= 0.6 is 23.4 Å². The molecule has 54 valence electrons. The molecule has 0 aliphatic rings. The van der Waals surface area contributed by atoms with Gasteiger partial charge in [0.25, 0.3) is 0 Å². The van der Waals surface area contributed by atoms with E-state index in [0.29, 0.717) is 0 Å². The lowest BCUT2D eigenvalue weighted by Crippen LogP contribution is -1.77. The first-order valence-corrected chi connectivity index (χ1v) is 4.29. The molecule has 0 aliphatic carbocycles. The first kappa shape index (κ1) is 5.50. The average Bonchev–Trinajstić information content (AvgIpc) is 2.06. The summed E-state index contributed by atoms with van der Waals surface area (Å²) in [5, 5.41) is 0. The van der Waals surface area contributed by atoms with Gasteiger partial charge in [0.2, 0.25) is 0 Å². The maximum absolute atomic E-state index is 7.41. The predicted octanol–water partition coefficient (Wildman–Crippen LogP) is 3.02. The van der Waals surface area contributed by atoms with Gasteiger partial charge in [0.15, 0.2) is 0 Å². The van der Waals surface area contributed by atoms with Crippen molar-refractivity contribution in [2.45, 2.75) is 4.90 Å². The van der Waals surface area contributed by atoms with Crippen LogP contribution in [0.2, 0.25) is 0 Å². The molecule has 10 heavy (non-hydrogen) atoms. The molecule has 0 amide bonds. The Morgan fingerprint density at radius 2 is 2.10 bits per heavy atom. The molecule has 0 heterocycles. The van der Waals surface area contributed by atoms with Crippen molar-refractivity contribution in [2.75, 3.05) is 11.6 Å². The predicted molar refractivity (Wildman–Crippen MR) is 47.9 cm³/mol. The normalized spacial score (nSPS) is 14.1. The third-order valence-corrected chi connectivity index (χ3v) is 2.08. The SMILES string of the molecule is [2H]C([2H])(CCl)Sc1ccccc1. The van der Waals surface area contributed by atoms with Gasteiger partial charge in [0.05, 0.1) is 0 Å². The first-order chi connectivity index (χ1) is 5.64. The highest BCUT2D eigenvalue weighted by Gasteiger charge is 1.88. The Kier molecular flexibility index (Phi) is 2.55. The summed E-state index contributed by atoms with van der Waals surface area (Å²) in [4.78, 5) is 0.906. The fraction of sp³-hybridized carbons (Fsp3) is 0.250. The molecule has 0 fully saturated rings. The number of rotatable bonds is 3. The van der Waals surface area contributed by atoms with Crippen LogP contribution in [0.3, 0.4) is 0 Å². The number of benzene rings is 1. The summed E-state index contributed by atoms with van der Waals surface area (Å²) in [6.07, 6.45) is 0. The Morgan fingerprint density at radius 1 is 1.40 bits per heavy atom. The summed E-state index contributed by atoms with van der Waals surface area (Å²) >= 11 is 6.59. The van der Waals surface area contributed by atoms with Gasteiger partial charge in [-0.2, -0.15) is 0 Å². The molecule has 0 radical (unpaired) electrons. The van der Waals surface area contributed by atoms with Crippen LogP contribution in [0.5, 0.6) is 0 Å². The standard InChI is InChI=1S/C8H9ClS/c9-6-7-10-8-4-2-1-3-5-8/h1-5H,6-7H2/i7D2. The van der Waals surface area contributed by atoms with Crippen LogP contribution in [0.25, 0.3) is 0 Å². The van der Waals surface area contributed by atoms with E-state index in [1.165, 1.54) is 0 Å². The van der Waals surface area contributed by atoms with Crippen LogP contribution < -0.4 is 0 Å². The maximum Gasteiger partial charge on any atom is 0.0396 e. The first-order valence-electron chi connectivity index (χ1n) is 3.94. The molecule has 1 aromatic rings. The van der Waals surface area contributed by atoms with Gasteiger partial charge >= 0.3 is 0 Å². The molecular formula is C8H9ClS. The molecule has 0 atom stereocenters. The molecule has 0 spiro atoms. The van der Waals surface area contributed by atoms with Crippen molar-refractivity contribution in [1.29, 1.82) is 0 Å². The van der Waals surface area contributed by atoms with Gasteiger partial charge in [-0.05, 0) is 12.1 Å². The van der Waals surface area contributed by atoms with E-state index in [9.17, 15) is 0 Å².